The average Bonchev–Trinajstić information content (AvgIpc) is 3.34. The van der Waals surface area contributed by atoms with Crippen molar-refractivity contribution in [1.82, 2.24) is 29.2 Å². The second kappa shape index (κ2) is 6.68. The van der Waals surface area contributed by atoms with Crippen molar-refractivity contribution >= 4 is 23.0 Å². The van der Waals surface area contributed by atoms with E-state index in [1.165, 1.54) is 18.6 Å². The molecule has 0 radical (unpaired) electrons. The lowest BCUT2D eigenvalue weighted by atomic mass is 9.88. The molecule has 3 aromatic rings. The first-order chi connectivity index (χ1) is 13.3. The van der Waals surface area contributed by atoms with Crippen molar-refractivity contribution in [3.63, 3.8) is 0 Å². The number of nitrogens with zero attached hydrogens (tertiary/aromatic N) is 6. The first kappa shape index (κ1) is 16.8. The van der Waals surface area contributed by atoms with Gasteiger partial charge in [0.15, 0.2) is 0 Å². The summed E-state index contributed by atoms with van der Waals surface area (Å²) in [7, 11) is 0. The molecule has 0 aromatic carbocycles. The number of aromatic nitrogens is 4. The van der Waals surface area contributed by atoms with E-state index >= 15 is 0 Å². The Morgan fingerprint density at radius 2 is 2.22 bits per heavy atom. The zero-order valence-electron chi connectivity index (χ0n) is 15.0. The van der Waals surface area contributed by atoms with Crippen LogP contribution in [0.2, 0.25) is 0 Å². The summed E-state index contributed by atoms with van der Waals surface area (Å²) in [6.45, 7) is 2.77. The number of hydrogen-bond donors (Lipinski definition) is 1. The third kappa shape index (κ3) is 2.83. The number of hydrogen-bond acceptors (Lipinski definition) is 6. The van der Waals surface area contributed by atoms with Gasteiger partial charge in [-0.15, -0.1) is 0 Å². The van der Waals surface area contributed by atoms with Crippen molar-refractivity contribution in [2.45, 2.75) is 24.8 Å². The molecule has 1 N–H and O–H groups in total. The lowest BCUT2D eigenvalue weighted by molar-refractivity contribution is -0.0944. The fourth-order valence-corrected chi connectivity index (χ4v) is 5.10. The molecule has 138 valence electrons. The molecule has 2 saturated heterocycles. The van der Waals surface area contributed by atoms with Gasteiger partial charge in [0.05, 0.1) is 18.7 Å². The van der Waals surface area contributed by atoms with Crippen LogP contribution in [-0.4, -0.2) is 54.6 Å². The maximum atomic E-state index is 9.42. The molecule has 2 aliphatic heterocycles. The van der Waals surface area contributed by atoms with Crippen LogP contribution in [0.25, 0.3) is 22.2 Å². The van der Waals surface area contributed by atoms with E-state index in [9.17, 15) is 5.26 Å². The largest absolute Gasteiger partial charge is 0.346 e. The number of aromatic amines is 1. The molecule has 5 heterocycles. The van der Waals surface area contributed by atoms with E-state index in [0.29, 0.717) is 6.42 Å². The Labute approximate surface area is 162 Å². The summed E-state index contributed by atoms with van der Waals surface area (Å²) < 4.78 is 4.38. The summed E-state index contributed by atoms with van der Waals surface area (Å²) >= 11 is 1.90. The molecule has 0 bridgehead atoms. The minimum absolute atomic E-state index is 0.241. The SMILES string of the molecule is N#CCC1(n2cc(-c3ccnc4[nH]ccc34)cn2)CN(N2CCCCS2)C1. The van der Waals surface area contributed by atoms with Crippen LogP contribution in [-0.2, 0) is 5.54 Å². The number of fused-ring (bicyclic) bond motifs is 1. The number of pyridine rings is 1. The molecule has 0 saturated carbocycles. The Hall–Kier alpha value is -2.34. The number of nitriles is 1. The second-order valence-electron chi connectivity index (χ2n) is 7.27. The Kier molecular flexibility index (Phi) is 4.16. The van der Waals surface area contributed by atoms with Gasteiger partial charge < -0.3 is 4.98 Å². The topological polar surface area (TPSA) is 76.8 Å². The molecule has 2 fully saturated rings. The van der Waals surface area contributed by atoms with E-state index in [0.717, 1.165) is 41.8 Å². The van der Waals surface area contributed by atoms with E-state index in [1.54, 1.807) is 0 Å². The predicted octanol–water partition coefficient (Wildman–Crippen LogP) is 3.01. The molecule has 8 heteroatoms. The number of hydrazine groups is 1. The summed E-state index contributed by atoms with van der Waals surface area (Å²) in [4.78, 5) is 7.52. The van der Waals surface area contributed by atoms with Gasteiger partial charge in [0.25, 0.3) is 0 Å². The Balaban J connectivity index is 1.42. The Morgan fingerprint density at radius 1 is 1.30 bits per heavy atom. The van der Waals surface area contributed by atoms with Crippen LogP contribution in [0.5, 0.6) is 0 Å². The molecule has 2 aliphatic rings. The highest BCUT2D eigenvalue weighted by Crippen LogP contribution is 2.38. The molecule has 7 nitrogen and oxygen atoms in total. The molecule has 27 heavy (non-hydrogen) atoms. The third-order valence-corrected chi connectivity index (χ3v) is 6.68. The van der Waals surface area contributed by atoms with Gasteiger partial charge in [0.1, 0.15) is 11.2 Å². The molecule has 0 spiro atoms. The van der Waals surface area contributed by atoms with Crippen LogP contribution in [0.15, 0.2) is 36.9 Å². The average molecular weight is 379 g/mol. The van der Waals surface area contributed by atoms with Crippen molar-refractivity contribution in [2.24, 2.45) is 0 Å². The highest BCUT2D eigenvalue weighted by atomic mass is 32.2. The molecule has 5 rings (SSSR count). The van der Waals surface area contributed by atoms with Gasteiger partial charge in [0, 0.05) is 54.9 Å². The molecule has 3 aromatic heterocycles. The van der Waals surface area contributed by atoms with Crippen molar-refractivity contribution < 1.29 is 0 Å². The fraction of sp³-hybridized carbons (Fsp3) is 0.421. The summed E-state index contributed by atoms with van der Waals surface area (Å²) in [5.74, 6) is 1.18. The van der Waals surface area contributed by atoms with Crippen LogP contribution in [0.3, 0.4) is 0 Å². The summed E-state index contributed by atoms with van der Waals surface area (Å²) in [5, 5.41) is 17.5. The van der Waals surface area contributed by atoms with Gasteiger partial charge in [0.2, 0.25) is 0 Å². The highest BCUT2D eigenvalue weighted by molar-refractivity contribution is 7.96. The van der Waals surface area contributed by atoms with Gasteiger partial charge in [-0.2, -0.15) is 14.8 Å². The predicted molar refractivity (Wildman–Crippen MR) is 105 cm³/mol. The van der Waals surface area contributed by atoms with E-state index < -0.39 is 0 Å². The minimum atomic E-state index is -0.241. The van der Waals surface area contributed by atoms with Gasteiger partial charge in [-0.1, -0.05) is 11.9 Å². The monoisotopic (exact) mass is 379 g/mol. The van der Waals surface area contributed by atoms with Gasteiger partial charge in [-0.25, -0.2) is 9.99 Å². The normalized spacial score (nSPS) is 20.4. The quantitative estimate of drug-likeness (QED) is 0.702. The van der Waals surface area contributed by atoms with Gasteiger partial charge in [-0.3, -0.25) is 4.68 Å². The van der Waals surface area contributed by atoms with Crippen molar-refractivity contribution in [3.8, 4) is 17.2 Å². The summed E-state index contributed by atoms with van der Waals surface area (Å²) in [6, 6.07) is 6.44. The molecular weight excluding hydrogens is 358 g/mol. The van der Waals surface area contributed by atoms with Gasteiger partial charge >= 0.3 is 0 Å². The van der Waals surface area contributed by atoms with Crippen LogP contribution in [0.4, 0.5) is 0 Å². The van der Waals surface area contributed by atoms with Crippen LogP contribution >= 0.6 is 11.9 Å². The summed E-state index contributed by atoms with van der Waals surface area (Å²) in [6.07, 6.45) is 10.7. The molecule has 0 atom stereocenters. The smallest absolute Gasteiger partial charge is 0.137 e. The number of H-pyrrole nitrogens is 1. The van der Waals surface area contributed by atoms with Crippen LogP contribution < -0.4 is 0 Å². The lowest BCUT2D eigenvalue weighted by Gasteiger charge is -2.53. The van der Waals surface area contributed by atoms with E-state index in [2.05, 4.69) is 36.8 Å². The maximum Gasteiger partial charge on any atom is 0.137 e. The molecule has 0 aliphatic carbocycles. The van der Waals surface area contributed by atoms with Gasteiger partial charge in [-0.05, 0) is 30.5 Å². The highest BCUT2D eigenvalue weighted by Gasteiger charge is 2.48. The van der Waals surface area contributed by atoms with Crippen molar-refractivity contribution in [1.29, 1.82) is 5.26 Å². The maximum absolute atomic E-state index is 9.42. The molecular formula is C19H21N7S. The first-order valence-electron chi connectivity index (χ1n) is 9.29. The van der Waals surface area contributed by atoms with E-state index in [-0.39, 0.29) is 5.54 Å². The minimum Gasteiger partial charge on any atom is -0.346 e. The van der Waals surface area contributed by atoms with E-state index in [1.807, 2.05) is 47.4 Å². The third-order valence-electron chi connectivity index (χ3n) is 5.50. The fourth-order valence-electron chi connectivity index (χ4n) is 4.02. The first-order valence-corrected chi connectivity index (χ1v) is 10.2. The van der Waals surface area contributed by atoms with Crippen LogP contribution in [0.1, 0.15) is 19.3 Å². The van der Waals surface area contributed by atoms with Crippen LogP contribution in [0, 0.1) is 11.3 Å². The second-order valence-corrected chi connectivity index (χ2v) is 8.36. The zero-order valence-corrected chi connectivity index (χ0v) is 15.8. The Bertz CT molecular complexity index is 989. The standard InChI is InChI=1S/C19H21N7S/c20-6-5-19(13-24(14-19)26-9-1-2-10-27-26)25-12-15(11-23-25)16-3-7-21-18-17(16)4-8-22-18/h3-4,7-8,11-12H,1-2,5,9-10,13-14H2,(H,21,22). The Morgan fingerprint density at radius 3 is 3.04 bits per heavy atom. The zero-order chi connectivity index (χ0) is 18.3. The van der Waals surface area contributed by atoms with Crippen molar-refractivity contribution in [2.75, 3.05) is 25.4 Å². The number of rotatable bonds is 4. The van der Waals surface area contributed by atoms with E-state index in [4.69, 9.17) is 0 Å². The van der Waals surface area contributed by atoms with Crippen molar-refractivity contribution in [3.05, 3.63) is 36.9 Å². The summed E-state index contributed by atoms with van der Waals surface area (Å²) in [5.41, 5.74) is 2.81. The molecule has 0 amide bonds. The lowest BCUT2D eigenvalue weighted by Crippen LogP contribution is -2.66. The molecule has 0 unspecified atom stereocenters. The number of nitrogens with one attached hydrogen (secondary N) is 1.